The van der Waals surface area contributed by atoms with E-state index in [0.29, 0.717) is 16.9 Å². The third-order valence-corrected chi connectivity index (χ3v) is 3.74. The van der Waals surface area contributed by atoms with Gasteiger partial charge in [0.2, 0.25) is 0 Å². The van der Waals surface area contributed by atoms with Gasteiger partial charge < -0.3 is 10.1 Å². The van der Waals surface area contributed by atoms with Gasteiger partial charge in [-0.05, 0) is 50.2 Å². The highest BCUT2D eigenvalue weighted by Crippen LogP contribution is 2.12. The van der Waals surface area contributed by atoms with Gasteiger partial charge in [0.1, 0.15) is 6.33 Å². The lowest BCUT2D eigenvalue weighted by molar-refractivity contribution is -0.123. The second-order valence-electron chi connectivity index (χ2n) is 5.68. The van der Waals surface area contributed by atoms with Crippen molar-refractivity contribution in [1.29, 1.82) is 0 Å². The average Bonchev–Trinajstić information content (AvgIpc) is 3.09. The minimum Gasteiger partial charge on any atom is -0.449 e. The summed E-state index contributed by atoms with van der Waals surface area (Å²) in [6, 6.07) is 9.64. The van der Waals surface area contributed by atoms with Crippen LogP contribution in [0.25, 0.3) is 5.65 Å². The normalized spacial score (nSPS) is 11.8. The molecule has 1 amide bonds. The molecule has 3 rings (SSSR count). The van der Waals surface area contributed by atoms with Crippen LogP contribution in [0.1, 0.15) is 34.6 Å². The predicted molar refractivity (Wildman–Crippen MR) is 92.9 cm³/mol. The summed E-state index contributed by atoms with van der Waals surface area (Å²) in [6.07, 6.45) is 2.00. The fourth-order valence-corrected chi connectivity index (χ4v) is 2.26. The SMILES string of the molecule is CC(=O)c1ccc(NC(=O)C(C)OC(=O)c2ccc3nncn3c2)cc1. The summed E-state index contributed by atoms with van der Waals surface area (Å²) < 4.78 is 6.78. The number of anilines is 1. The molecule has 0 saturated heterocycles. The number of nitrogens with zero attached hydrogens (tertiary/aromatic N) is 3. The summed E-state index contributed by atoms with van der Waals surface area (Å²) in [6.45, 7) is 2.95. The Morgan fingerprint density at radius 2 is 1.77 bits per heavy atom. The van der Waals surface area contributed by atoms with Crippen molar-refractivity contribution in [3.8, 4) is 0 Å². The Kier molecular flexibility index (Phi) is 4.74. The van der Waals surface area contributed by atoms with E-state index >= 15 is 0 Å². The van der Waals surface area contributed by atoms with Gasteiger partial charge in [-0.1, -0.05) is 0 Å². The lowest BCUT2D eigenvalue weighted by Crippen LogP contribution is -2.30. The van der Waals surface area contributed by atoms with Crippen molar-refractivity contribution in [2.45, 2.75) is 20.0 Å². The van der Waals surface area contributed by atoms with Gasteiger partial charge in [0, 0.05) is 17.4 Å². The molecule has 3 aromatic rings. The Hall–Kier alpha value is -3.55. The Balaban J connectivity index is 1.62. The second kappa shape index (κ2) is 7.14. The van der Waals surface area contributed by atoms with Gasteiger partial charge in [0.25, 0.3) is 5.91 Å². The quantitative estimate of drug-likeness (QED) is 0.557. The average molecular weight is 352 g/mol. The number of rotatable bonds is 5. The van der Waals surface area contributed by atoms with E-state index in [2.05, 4.69) is 15.5 Å². The van der Waals surface area contributed by atoms with Gasteiger partial charge in [-0.25, -0.2) is 4.79 Å². The molecular weight excluding hydrogens is 336 g/mol. The zero-order valence-electron chi connectivity index (χ0n) is 14.2. The maximum absolute atomic E-state index is 12.2. The van der Waals surface area contributed by atoms with Gasteiger partial charge in [-0.2, -0.15) is 0 Å². The van der Waals surface area contributed by atoms with E-state index in [4.69, 9.17) is 4.74 Å². The van der Waals surface area contributed by atoms with Crippen LogP contribution in [-0.2, 0) is 9.53 Å². The monoisotopic (exact) mass is 352 g/mol. The molecule has 0 aliphatic heterocycles. The highest BCUT2D eigenvalue weighted by molar-refractivity contribution is 5.98. The standard InChI is InChI=1S/C18H16N4O4/c1-11(23)13-3-6-15(7-4-13)20-17(24)12(2)26-18(25)14-5-8-16-21-19-10-22(16)9-14/h3-10,12H,1-2H3,(H,20,24). The molecule has 0 aliphatic carbocycles. The minimum atomic E-state index is -0.994. The summed E-state index contributed by atoms with van der Waals surface area (Å²) in [7, 11) is 0. The number of amides is 1. The molecule has 1 N–H and O–H groups in total. The number of carbonyl (C=O) groups is 3. The molecule has 132 valence electrons. The van der Waals surface area contributed by atoms with Crippen LogP contribution in [-0.4, -0.2) is 38.4 Å². The molecule has 8 heteroatoms. The van der Waals surface area contributed by atoms with Gasteiger partial charge in [-0.15, -0.1) is 10.2 Å². The number of Topliss-reactive ketones (excluding diaryl/α,β-unsaturated/α-hetero) is 1. The van der Waals surface area contributed by atoms with Crippen molar-refractivity contribution in [1.82, 2.24) is 14.6 Å². The smallest absolute Gasteiger partial charge is 0.340 e. The zero-order valence-corrected chi connectivity index (χ0v) is 14.2. The first-order chi connectivity index (χ1) is 12.4. The molecule has 0 spiro atoms. The van der Waals surface area contributed by atoms with Gasteiger partial charge in [-0.3, -0.25) is 14.0 Å². The molecule has 26 heavy (non-hydrogen) atoms. The van der Waals surface area contributed by atoms with E-state index in [9.17, 15) is 14.4 Å². The third kappa shape index (κ3) is 3.75. The molecule has 2 heterocycles. The first-order valence-electron chi connectivity index (χ1n) is 7.86. The Morgan fingerprint density at radius 1 is 1.08 bits per heavy atom. The number of hydrogen-bond donors (Lipinski definition) is 1. The largest absolute Gasteiger partial charge is 0.449 e. The summed E-state index contributed by atoms with van der Waals surface area (Å²) in [5, 5.41) is 10.2. The summed E-state index contributed by atoms with van der Waals surface area (Å²) >= 11 is 0. The summed E-state index contributed by atoms with van der Waals surface area (Å²) in [5.74, 6) is -1.16. The van der Waals surface area contributed by atoms with Crippen molar-refractivity contribution in [3.63, 3.8) is 0 Å². The Bertz CT molecular complexity index is 978. The molecule has 8 nitrogen and oxygen atoms in total. The molecule has 0 saturated carbocycles. The number of ketones is 1. The number of benzene rings is 1. The molecule has 1 aromatic carbocycles. The van der Waals surface area contributed by atoms with Crippen molar-refractivity contribution in [2.75, 3.05) is 5.32 Å². The van der Waals surface area contributed by atoms with Crippen LogP contribution in [0, 0.1) is 0 Å². The van der Waals surface area contributed by atoms with E-state index in [1.807, 2.05) is 0 Å². The van der Waals surface area contributed by atoms with Crippen LogP contribution < -0.4 is 5.32 Å². The molecular formula is C18H16N4O4. The number of fused-ring (bicyclic) bond motifs is 1. The molecule has 1 unspecified atom stereocenters. The fraction of sp³-hybridized carbons (Fsp3) is 0.167. The van der Waals surface area contributed by atoms with E-state index in [1.165, 1.54) is 26.4 Å². The van der Waals surface area contributed by atoms with Crippen LogP contribution in [0.4, 0.5) is 5.69 Å². The predicted octanol–water partition coefficient (Wildman–Crippen LogP) is 2.12. The zero-order chi connectivity index (χ0) is 18.7. The lowest BCUT2D eigenvalue weighted by atomic mass is 10.1. The molecule has 0 bridgehead atoms. The van der Waals surface area contributed by atoms with Crippen LogP contribution in [0.3, 0.4) is 0 Å². The number of hydrogen-bond acceptors (Lipinski definition) is 6. The topological polar surface area (TPSA) is 103 Å². The van der Waals surface area contributed by atoms with Gasteiger partial charge in [0.05, 0.1) is 5.56 Å². The molecule has 2 aromatic heterocycles. The van der Waals surface area contributed by atoms with Crippen LogP contribution in [0.15, 0.2) is 48.9 Å². The lowest BCUT2D eigenvalue weighted by Gasteiger charge is -2.13. The van der Waals surface area contributed by atoms with Crippen LogP contribution in [0.5, 0.6) is 0 Å². The van der Waals surface area contributed by atoms with E-state index in [-0.39, 0.29) is 11.3 Å². The van der Waals surface area contributed by atoms with Crippen molar-refractivity contribution in [3.05, 3.63) is 60.0 Å². The number of pyridine rings is 1. The van der Waals surface area contributed by atoms with Crippen molar-refractivity contribution in [2.24, 2.45) is 0 Å². The van der Waals surface area contributed by atoms with E-state index < -0.39 is 18.0 Å². The molecule has 0 aliphatic rings. The first kappa shape index (κ1) is 17.3. The second-order valence-corrected chi connectivity index (χ2v) is 5.68. The number of nitrogens with one attached hydrogen (secondary N) is 1. The summed E-state index contributed by atoms with van der Waals surface area (Å²) in [4.78, 5) is 35.6. The Morgan fingerprint density at radius 3 is 2.46 bits per heavy atom. The first-order valence-corrected chi connectivity index (χ1v) is 7.86. The molecule has 0 fully saturated rings. The fourth-order valence-electron chi connectivity index (χ4n) is 2.26. The van der Waals surface area contributed by atoms with E-state index in [0.717, 1.165) is 0 Å². The van der Waals surface area contributed by atoms with Gasteiger partial charge >= 0.3 is 5.97 Å². The molecule has 1 atom stereocenters. The van der Waals surface area contributed by atoms with Crippen LogP contribution >= 0.6 is 0 Å². The third-order valence-electron chi connectivity index (χ3n) is 3.74. The summed E-state index contributed by atoms with van der Waals surface area (Å²) in [5.41, 5.74) is 1.93. The number of aromatic nitrogens is 3. The number of carbonyl (C=O) groups excluding carboxylic acids is 3. The Labute approximate surface area is 148 Å². The van der Waals surface area contributed by atoms with Crippen LogP contribution in [0.2, 0.25) is 0 Å². The minimum absolute atomic E-state index is 0.0600. The molecule has 0 radical (unpaired) electrons. The van der Waals surface area contributed by atoms with Crippen molar-refractivity contribution >= 4 is 29.0 Å². The van der Waals surface area contributed by atoms with E-state index in [1.54, 1.807) is 40.8 Å². The number of esters is 1. The highest BCUT2D eigenvalue weighted by atomic mass is 16.5. The van der Waals surface area contributed by atoms with Gasteiger partial charge in [0.15, 0.2) is 17.5 Å². The number of ether oxygens (including phenoxy) is 1. The maximum Gasteiger partial charge on any atom is 0.340 e. The highest BCUT2D eigenvalue weighted by Gasteiger charge is 2.19. The maximum atomic E-state index is 12.2. The van der Waals surface area contributed by atoms with Crippen molar-refractivity contribution < 1.29 is 19.1 Å².